The van der Waals surface area contributed by atoms with Crippen LogP contribution in [0.2, 0.25) is 10.0 Å². The van der Waals surface area contributed by atoms with E-state index >= 15 is 0 Å². The van der Waals surface area contributed by atoms with E-state index in [1.165, 1.54) is 6.20 Å². The SMILES string of the molecule is O=C(O)c1cnc2cc(C=Cc3ccncc3)ccc2c1Nc1ccc(Cl)cc1Cl. The molecule has 0 fully saturated rings. The molecule has 7 heteroatoms. The standard InChI is InChI=1S/C23H15Cl2N3O2/c24-16-4-6-20(19(25)12-16)28-22-17-5-3-15(2-1-14-7-9-26-10-8-14)11-21(17)27-13-18(22)23(29)30/h1-13H,(H,27,28)(H,29,30). The molecule has 0 bridgehead atoms. The molecule has 2 N–H and O–H groups in total. The van der Waals surface area contributed by atoms with E-state index in [1.807, 2.05) is 42.5 Å². The predicted octanol–water partition coefficient (Wildman–Crippen LogP) is 6.55. The highest BCUT2D eigenvalue weighted by molar-refractivity contribution is 6.36. The average molecular weight is 436 g/mol. The van der Waals surface area contributed by atoms with Gasteiger partial charge in [0.15, 0.2) is 0 Å². The van der Waals surface area contributed by atoms with Gasteiger partial charge in [0.1, 0.15) is 5.56 Å². The molecule has 0 aliphatic heterocycles. The molecular weight excluding hydrogens is 421 g/mol. The van der Waals surface area contributed by atoms with Crippen molar-refractivity contribution in [3.63, 3.8) is 0 Å². The number of aromatic carboxylic acids is 1. The summed E-state index contributed by atoms with van der Waals surface area (Å²) in [5, 5.41) is 14.3. The summed E-state index contributed by atoms with van der Waals surface area (Å²) >= 11 is 12.2. The van der Waals surface area contributed by atoms with Crippen LogP contribution in [0, 0.1) is 0 Å². The summed E-state index contributed by atoms with van der Waals surface area (Å²) in [6.07, 6.45) is 8.74. The largest absolute Gasteiger partial charge is 0.478 e. The first-order valence-electron chi connectivity index (χ1n) is 8.97. The van der Waals surface area contributed by atoms with E-state index in [1.54, 1.807) is 30.6 Å². The molecule has 0 unspecified atom stereocenters. The zero-order valence-corrected chi connectivity index (χ0v) is 17.0. The third kappa shape index (κ3) is 4.27. The minimum atomic E-state index is -1.08. The van der Waals surface area contributed by atoms with Crippen LogP contribution in [0.5, 0.6) is 0 Å². The average Bonchev–Trinajstić information content (AvgIpc) is 2.74. The molecule has 0 amide bonds. The molecule has 0 saturated carbocycles. The lowest BCUT2D eigenvalue weighted by molar-refractivity contribution is 0.0697. The molecule has 0 atom stereocenters. The Labute approximate surface area is 182 Å². The lowest BCUT2D eigenvalue weighted by Gasteiger charge is -2.14. The molecule has 0 aliphatic carbocycles. The van der Waals surface area contributed by atoms with E-state index in [4.69, 9.17) is 23.2 Å². The number of rotatable bonds is 5. The van der Waals surface area contributed by atoms with Gasteiger partial charge in [0, 0.05) is 29.0 Å². The molecule has 4 rings (SSSR count). The number of carboxylic acids is 1. The van der Waals surface area contributed by atoms with Crippen LogP contribution in [0.4, 0.5) is 11.4 Å². The van der Waals surface area contributed by atoms with Gasteiger partial charge in [0.25, 0.3) is 0 Å². The Balaban J connectivity index is 1.76. The van der Waals surface area contributed by atoms with Gasteiger partial charge < -0.3 is 10.4 Å². The third-order valence-corrected chi connectivity index (χ3v) is 5.04. The molecule has 2 heterocycles. The highest BCUT2D eigenvalue weighted by Crippen LogP contribution is 2.34. The number of anilines is 2. The Morgan fingerprint density at radius 1 is 0.967 bits per heavy atom. The minimum Gasteiger partial charge on any atom is -0.478 e. The van der Waals surface area contributed by atoms with E-state index in [-0.39, 0.29) is 5.56 Å². The molecule has 0 spiro atoms. The van der Waals surface area contributed by atoms with Gasteiger partial charge in [0.05, 0.1) is 21.9 Å². The fraction of sp³-hybridized carbons (Fsp3) is 0. The Bertz CT molecular complexity index is 1270. The first-order valence-corrected chi connectivity index (χ1v) is 9.73. The van der Waals surface area contributed by atoms with Crippen molar-refractivity contribution in [2.75, 3.05) is 5.32 Å². The topological polar surface area (TPSA) is 75.1 Å². The number of fused-ring (bicyclic) bond motifs is 1. The van der Waals surface area contributed by atoms with Gasteiger partial charge in [-0.2, -0.15) is 0 Å². The van der Waals surface area contributed by atoms with E-state index in [0.29, 0.717) is 32.3 Å². The molecule has 2 aromatic carbocycles. The zero-order valence-electron chi connectivity index (χ0n) is 15.5. The molecule has 5 nitrogen and oxygen atoms in total. The molecule has 148 valence electrons. The second kappa shape index (κ2) is 8.53. The predicted molar refractivity (Wildman–Crippen MR) is 122 cm³/mol. The molecule has 4 aromatic rings. The Morgan fingerprint density at radius 2 is 1.73 bits per heavy atom. The van der Waals surface area contributed by atoms with Crippen molar-refractivity contribution in [1.29, 1.82) is 0 Å². The number of hydrogen-bond donors (Lipinski definition) is 2. The van der Waals surface area contributed by atoms with Crippen LogP contribution >= 0.6 is 23.2 Å². The van der Waals surface area contributed by atoms with E-state index in [9.17, 15) is 9.90 Å². The monoisotopic (exact) mass is 435 g/mol. The van der Waals surface area contributed by atoms with Gasteiger partial charge in [-0.25, -0.2) is 4.79 Å². The quantitative estimate of drug-likeness (QED) is 0.371. The number of pyridine rings is 2. The number of carbonyl (C=O) groups is 1. The minimum absolute atomic E-state index is 0.0496. The second-order valence-electron chi connectivity index (χ2n) is 6.49. The fourth-order valence-electron chi connectivity index (χ4n) is 3.00. The summed E-state index contributed by atoms with van der Waals surface area (Å²) in [5.41, 5.74) is 3.64. The number of benzene rings is 2. The summed E-state index contributed by atoms with van der Waals surface area (Å²) in [7, 11) is 0. The lowest BCUT2D eigenvalue weighted by Crippen LogP contribution is -2.05. The van der Waals surface area contributed by atoms with Crippen LogP contribution < -0.4 is 5.32 Å². The normalized spacial score (nSPS) is 11.1. The number of nitrogens with zero attached hydrogens (tertiary/aromatic N) is 2. The maximum Gasteiger partial charge on any atom is 0.339 e. The number of nitrogens with one attached hydrogen (secondary N) is 1. The van der Waals surface area contributed by atoms with Crippen molar-refractivity contribution in [1.82, 2.24) is 9.97 Å². The fourth-order valence-corrected chi connectivity index (χ4v) is 3.46. The smallest absolute Gasteiger partial charge is 0.339 e. The van der Waals surface area contributed by atoms with Gasteiger partial charge in [0.2, 0.25) is 0 Å². The van der Waals surface area contributed by atoms with Crippen molar-refractivity contribution in [2.45, 2.75) is 0 Å². The molecule has 0 aliphatic rings. The van der Waals surface area contributed by atoms with Crippen LogP contribution in [-0.4, -0.2) is 21.0 Å². The van der Waals surface area contributed by atoms with Crippen LogP contribution in [0.15, 0.2) is 67.1 Å². The second-order valence-corrected chi connectivity index (χ2v) is 7.34. The van der Waals surface area contributed by atoms with Gasteiger partial charge in [-0.05, 0) is 47.5 Å². The van der Waals surface area contributed by atoms with E-state index in [0.717, 1.165) is 11.1 Å². The van der Waals surface area contributed by atoms with Crippen molar-refractivity contribution in [3.8, 4) is 0 Å². The lowest BCUT2D eigenvalue weighted by atomic mass is 10.1. The number of aromatic nitrogens is 2. The Hall–Kier alpha value is -3.41. The number of hydrogen-bond acceptors (Lipinski definition) is 4. The maximum atomic E-state index is 11.8. The van der Waals surface area contributed by atoms with Gasteiger partial charge in [-0.3, -0.25) is 9.97 Å². The summed E-state index contributed by atoms with van der Waals surface area (Å²) in [6.45, 7) is 0. The van der Waals surface area contributed by atoms with Crippen molar-refractivity contribution in [2.24, 2.45) is 0 Å². The molecular formula is C23H15Cl2N3O2. The third-order valence-electron chi connectivity index (χ3n) is 4.49. The van der Waals surface area contributed by atoms with Crippen LogP contribution in [0.25, 0.3) is 23.1 Å². The summed E-state index contributed by atoms with van der Waals surface area (Å²) in [4.78, 5) is 20.1. The maximum absolute atomic E-state index is 11.8. The summed E-state index contributed by atoms with van der Waals surface area (Å²) in [5.74, 6) is -1.08. The van der Waals surface area contributed by atoms with E-state index in [2.05, 4.69) is 15.3 Å². The zero-order chi connectivity index (χ0) is 21.1. The summed E-state index contributed by atoms with van der Waals surface area (Å²) in [6, 6.07) is 14.4. The molecule has 2 aromatic heterocycles. The first kappa shape index (κ1) is 19.9. The number of carboxylic acid groups (broad SMARTS) is 1. The summed E-state index contributed by atoms with van der Waals surface area (Å²) < 4.78 is 0. The Morgan fingerprint density at radius 3 is 2.47 bits per heavy atom. The van der Waals surface area contributed by atoms with Crippen molar-refractivity contribution >= 4 is 63.6 Å². The van der Waals surface area contributed by atoms with Crippen molar-refractivity contribution in [3.05, 3.63) is 93.9 Å². The van der Waals surface area contributed by atoms with Crippen LogP contribution in [0.3, 0.4) is 0 Å². The number of halogens is 2. The highest BCUT2D eigenvalue weighted by atomic mass is 35.5. The van der Waals surface area contributed by atoms with Gasteiger partial charge >= 0.3 is 5.97 Å². The van der Waals surface area contributed by atoms with Gasteiger partial charge in [-0.1, -0.05) is 47.5 Å². The van der Waals surface area contributed by atoms with Crippen LogP contribution in [-0.2, 0) is 0 Å². The first-order chi connectivity index (χ1) is 14.5. The molecule has 0 saturated heterocycles. The van der Waals surface area contributed by atoms with E-state index < -0.39 is 5.97 Å². The van der Waals surface area contributed by atoms with Crippen molar-refractivity contribution < 1.29 is 9.90 Å². The van der Waals surface area contributed by atoms with Gasteiger partial charge in [-0.15, -0.1) is 0 Å². The molecule has 30 heavy (non-hydrogen) atoms. The van der Waals surface area contributed by atoms with Crippen LogP contribution in [0.1, 0.15) is 21.5 Å². The molecule has 0 radical (unpaired) electrons. The Kier molecular flexibility index (Phi) is 5.65. The highest BCUT2D eigenvalue weighted by Gasteiger charge is 2.16.